The topological polar surface area (TPSA) is 54.2 Å². The zero-order chi connectivity index (χ0) is 11.5. The number of likely N-dealkylation sites (N-methyl/N-ethyl adjacent to an activating group) is 1. The number of nitrogens with zero attached hydrogens (tertiary/aromatic N) is 2. The maximum atomic E-state index is 5.90. The summed E-state index contributed by atoms with van der Waals surface area (Å²) in [5.41, 5.74) is 6.60. The summed E-state index contributed by atoms with van der Waals surface area (Å²) in [6.45, 7) is 2.23. The van der Waals surface area contributed by atoms with Gasteiger partial charge in [-0.05, 0) is 48.4 Å². The van der Waals surface area contributed by atoms with E-state index in [1.165, 1.54) is 19.4 Å². The van der Waals surface area contributed by atoms with Gasteiger partial charge in [0.05, 0.1) is 5.69 Å². The van der Waals surface area contributed by atoms with Gasteiger partial charge in [-0.1, -0.05) is 0 Å². The normalized spacial score (nSPS) is 22.0. The molecule has 0 radical (unpaired) electrons. The number of nitrogens with one attached hydrogen (secondary N) is 1. The van der Waals surface area contributed by atoms with Crippen LogP contribution in [0.1, 0.15) is 12.8 Å². The lowest BCUT2D eigenvalue weighted by atomic mass is 10.1. The number of rotatable bonds is 2. The first kappa shape index (κ1) is 11.7. The van der Waals surface area contributed by atoms with Gasteiger partial charge >= 0.3 is 0 Å². The lowest BCUT2D eigenvalue weighted by molar-refractivity contribution is 0.261. The molecular formula is C11H17BrN4. The lowest BCUT2D eigenvalue weighted by Crippen LogP contribution is -2.40. The van der Waals surface area contributed by atoms with Crippen LogP contribution in [-0.2, 0) is 0 Å². The minimum Gasteiger partial charge on any atom is -0.396 e. The zero-order valence-electron chi connectivity index (χ0n) is 9.41. The first-order valence-electron chi connectivity index (χ1n) is 5.51. The number of pyridine rings is 1. The molecule has 0 saturated carbocycles. The molecule has 4 nitrogen and oxygen atoms in total. The van der Waals surface area contributed by atoms with Gasteiger partial charge < -0.3 is 16.0 Å². The van der Waals surface area contributed by atoms with Gasteiger partial charge in [0.2, 0.25) is 0 Å². The largest absolute Gasteiger partial charge is 0.396 e. The number of hydrogen-bond donors (Lipinski definition) is 2. The highest BCUT2D eigenvalue weighted by atomic mass is 79.9. The molecule has 1 aromatic rings. The predicted molar refractivity (Wildman–Crippen MR) is 70.5 cm³/mol. The predicted octanol–water partition coefficient (Wildman–Crippen LogP) is 1.93. The van der Waals surface area contributed by atoms with Crippen molar-refractivity contribution in [2.75, 3.05) is 31.2 Å². The molecule has 1 fully saturated rings. The fourth-order valence-electron chi connectivity index (χ4n) is 2.05. The molecule has 0 spiro atoms. The Bertz CT molecular complexity index is 369. The van der Waals surface area contributed by atoms with Crippen molar-refractivity contribution in [2.45, 2.75) is 18.9 Å². The van der Waals surface area contributed by atoms with Gasteiger partial charge in [0.25, 0.3) is 0 Å². The van der Waals surface area contributed by atoms with E-state index in [0.29, 0.717) is 11.7 Å². The Hall–Kier alpha value is -0.810. The molecular weight excluding hydrogens is 268 g/mol. The molecule has 2 rings (SSSR count). The van der Waals surface area contributed by atoms with Crippen LogP contribution in [0.5, 0.6) is 0 Å². The Morgan fingerprint density at radius 2 is 2.44 bits per heavy atom. The number of nitrogen functional groups attached to an aromatic ring is 1. The second-order valence-electron chi connectivity index (χ2n) is 4.34. The average molecular weight is 285 g/mol. The van der Waals surface area contributed by atoms with Crippen LogP contribution in [0.3, 0.4) is 0 Å². The van der Waals surface area contributed by atoms with Crippen molar-refractivity contribution < 1.29 is 0 Å². The van der Waals surface area contributed by atoms with Crippen LogP contribution in [0.2, 0.25) is 0 Å². The highest BCUT2D eigenvalue weighted by Gasteiger charge is 2.17. The fraction of sp³-hybridized carbons (Fsp3) is 0.545. The van der Waals surface area contributed by atoms with Gasteiger partial charge in [0, 0.05) is 23.3 Å². The van der Waals surface area contributed by atoms with Gasteiger partial charge in [0.15, 0.2) is 0 Å². The summed E-state index contributed by atoms with van der Waals surface area (Å²) < 4.78 is 0.913. The van der Waals surface area contributed by atoms with Crippen molar-refractivity contribution >= 4 is 27.4 Å². The molecule has 1 atom stereocenters. The van der Waals surface area contributed by atoms with E-state index in [-0.39, 0.29) is 0 Å². The van der Waals surface area contributed by atoms with Crippen LogP contribution in [0, 0.1) is 0 Å². The summed E-state index contributed by atoms with van der Waals surface area (Å²) in [6.07, 6.45) is 4.18. The van der Waals surface area contributed by atoms with Crippen molar-refractivity contribution in [3.63, 3.8) is 0 Å². The summed E-state index contributed by atoms with van der Waals surface area (Å²) in [5.74, 6) is 0.795. The number of halogens is 1. The van der Waals surface area contributed by atoms with E-state index < -0.39 is 0 Å². The van der Waals surface area contributed by atoms with Crippen molar-refractivity contribution in [1.82, 2.24) is 9.88 Å². The molecule has 0 aliphatic carbocycles. The smallest absolute Gasteiger partial charge is 0.149 e. The first-order valence-corrected chi connectivity index (χ1v) is 6.30. The summed E-state index contributed by atoms with van der Waals surface area (Å²) in [4.78, 5) is 6.63. The Balaban J connectivity index is 2.02. The third kappa shape index (κ3) is 2.86. The Morgan fingerprint density at radius 1 is 1.62 bits per heavy atom. The summed E-state index contributed by atoms with van der Waals surface area (Å²) in [5, 5.41) is 3.41. The van der Waals surface area contributed by atoms with Gasteiger partial charge in [-0.25, -0.2) is 4.98 Å². The SMILES string of the molecule is CN1CCCC(Nc2ncc(Br)cc2N)C1. The van der Waals surface area contributed by atoms with Crippen LogP contribution in [-0.4, -0.2) is 36.1 Å². The number of likely N-dealkylation sites (tertiary alicyclic amines) is 1. The second-order valence-corrected chi connectivity index (χ2v) is 5.25. The molecule has 1 saturated heterocycles. The maximum absolute atomic E-state index is 5.90. The summed E-state index contributed by atoms with van der Waals surface area (Å²) in [7, 11) is 2.15. The molecule has 1 aliphatic rings. The molecule has 1 aliphatic heterocycles. The fourth-order valence-corrected chi connectivity index (χ4v) is 2.40. The van der Waals surface area contributed by atoms with E-state index in [1.54, 1.807) is 6.20 Å². The van der Waals surface area contributed by atoms with E-state index in [2.05, 4.69) is 38.2 Å². The second kappa shape index (κ2) is 5.01. The number of anilines is 2. The Morgan fingerprint density at radius 3 is 3.12 bits per heavy atom. The standard InChI is InChI=1S/C11H17BrN4/c1-16-4-2-3-9(7-16)15-11-10(13)5-8(12)6-14-11/h5-6,9H,2-4,7,13H2,1H3,(H,14,15). The van der Waals surface area contributed by atoms with E-state index in [4.69, 9.17) is 5.73 Å². The van der Waals surface area contributed by atoms with Gasteiger partial charge in [-0.2, -0.15) is 0 Å². The average Bonchev–Trinajstić information content (AvgIpc) is 2.22. The molecule has 1 unspecified atom stereocenters. The van der Waals surface area contributed by atoms with Crippen molar-refractivity contribution in [3.05, 3.63) is 16.7 Å². The molecule has 3 N–H and O–H groups in total. The third-order valence-electron chi connectivity index (χ3n) is 2.85. The number of hydrogen-bond acceptors (Lipinski definition) is 4. The molecule has 0 amide bonds. The van der Waals surface area contributed by atoms with E-state index in [0.717, 1.165) is 16.8 Å². The molecule has 5 heteroatoms. The highest BCUT2D eigenvalue weighted by molar-refractivity contribution is 9.10. The maximum Gasteiger partial charge on any atom is 0.149 e. The number of piperidine rings is 1. The molecule has 16 heavy (non-hydrogen) atoms. The van der Waals surface area contributed by atoms with Crippen LogP contribution in [0.25, 0.3) is 0 Å². The third-order valence-corrected chi connectivity index (χ3v) is 3.28. The summed E-state index contributed by atoms with van der Waals surface area (Å²) >= 11 is 3.35. The first-order chi connectivity index (χ1) is 7.65. The van der Waals surface area contributed by atoms with Gasteiger partial charge in [0.1, 0.15) is 5.82 Å². The molecule has 0 bridgehead atoms. The highest BCUT2D eigenvalue weighted by Crippen LogP contribution is 2.22. The van der Waals surface area contributed by atoms with Crippen LogP contribution < -0.4 is 11.1 Å². The minimum atomic E-state index is 0.453. The van der Waals surface area contributed by atoms with Crippen LogP contribution >= 0.6 is 15.9 Å². The number of aromatic nitrogens is 1. The molecule has 88 valence electrons. The van der Waals surface area contributed by atoms with Crippen LogP contribution in [0.15, 0.2) is 16.7 Å². The molecule has 2 heterocycles. The summed E-state index contributed by atoms with van der Waals surface area (Å²) in [6, 6.07) is 2.33. The molecule has 0 aromatic carbocycles. The van der Waals surface area contributed by atoms with Crippen molar-refractivity contribution in [1.29, 1.82) is 0 Å². The van der Waals surface area contributed by atoms with Crippen LogP contribution in [0.4, 0.5) is 11.5 Å². The zero-order valence-corrected chi connectivity index (χ0v) is 11.0. The van der Waals surface area contributed by atoms with Crippen molar-refractivity contribution in [2.24, 2.45) is 0 Å². The van der Waals surface area contributed by atoms with E-state index in [1.807, 2.05) is 6.07 Å². The quantitative estimate of drug-likeness (QED) is 0.872. The van der Waals surface area contributed by atoms with Gasteiger partial charge in [-0.3, -0.25) is 0 Å². The van der Waals surface area contributed by atoms with Gasteiger partial charge in [-0.15, -0.1) is 0 Å². The lowest BCUT2D eigenvalue weighted by Gasteiger charge is -2.30. The monoisotopic (exact) mass is 284 g/mol. The number of nitrogens with two attached hydrogens (primary N) is 1. The van der Waals surface area contributed by atoms with E-state index in [9.17, 15) is 0 Å². The Kier molecular flexibility index (Phi) is 3.66. The van der Waals surface area contributed by atoms with E-state index >= 15 is 0 Å². The molecule has 1 aromatic heterocycles. The minimum absolute atomic E-state index is 0.453. The van der Waals surface area contributed by atoms with Crippen molar-refractivity contribution in [3.8, 4) is 0 Å². The Labute approximate surface area is 104 Å².